The number of nitro groups is 1. The third-order valence-corrected chi connectivity index (χ3v) is 4.96. The van der Waals surface area contributed by atoms with Crippen molar-refractivity contribution in [2.45, 2.75) is 6.92 Å². The second-order valence-corrected chi connectivity index (χ2v) is 6.97. The van der Waals surface area contributed by atoms with E-state index >= 15 is 0 Å². The fourth-order valence-corrected chi connectivity index (χ4v) is 3.73. The number of imidazole rings is 1. The summed E-state index contributed by atoms with van der Waals surface area (Å²) in [6.07, 6.45) is 1.66. The number of methoxy groups -OCH3 is 2. The number of nitro benzene ring substituents is 1. The van der Waals surface area contributed by atoms with E-state index in [0.717, 1.165) is 11.3 Å². The Bertz CT molecular complexity index is 1060. The van der Waals surface area contributed by atoms with Crippen molar-refractivity contribution in [3.8, 4) is 39.8 Å². The number of benzene rings is 2. The first-order valence-electron chi connectivity index (χ1n) is 8.76. The summed E-state index contributed by atoms with van der Waals surface area (Å²) < 4.78 is 18.7. The normalized spacial score (nSPS) is 10.7. The first-order chi connectivity index (χ1) is 13.9. The van der Waals surface area contributed by atoms with Crippen LogP contribution < -0.4 is 14.2 Å². The van der Waals surface area contributed by atoms with E-state index in [1.54, 1.807) is 39.6 Å². The Morgan fingerprint density at radius 2 is 1.90 bits per heavy atom. The Hall–Kier alpha value is -3.07. The van der Waals surface area contributed by atoms with Gasteiger partial charge >= 0.3 is 5.69 Å². The molecule has 3 rings (SSSR count). The van der Waals surface area contributed by atoms with Gasteiger partial charge in [0.05, 0.1) is 47.9 Å². The van der Waals surface area contributed by atoms with Crippen LogP contribution in [0.25, 0.3) is 22.5 Å². The molecule has 0 saturated heterocycles. The Morgan fingerprint density at radius 1 is 1.14 bits per heavy atom. The van der Waals surface area contributed by atoms with E-state index in [0.29, 0.717) is 33.8 Å². The van der Waals surface area contributed by atoms with E-state index in [-0.39, 0.29) is 11.4 Å². The standard InChI is InChI=1S/C20H20BrN3O5/c1-5-29-16-7-6-12(9-15(16)24(25)26)19-18(22-11-23(19)2)13-8-14(21)20(28-4)17(10-13)27-3/h6-11H,5H2,1-4H3. The van der Waals surface area contributed by atoms with E-state index < -0.39 is 4.92 Å². The fourth-order valence-electron chi connectivity index (χ4n) is 3.12. The number of rotatable bonds is 7. The molecule has 0 aliphatic carbocycles. The van der Waals surface area contributed by atoms with E-state index in [4.69, 9.17) is 14.2 Å². The van der Waals surface area contributed by atoms with E-state index in [9.17, 15) is 10.1 Å². The van der Waals surface area contributed by atoms with E-state index in [1.807, 2.05) is 23.7 Å². The van der Waals surface area contributed by atoms with Crippen LogP contribution in [0.4, 0.5) is 5.69 Å². The Labute approximate surface area is 176 Å². The summed E-state index contributed by atoms with van der Waals surface area (Å²) in [5.74, 6) is 1.36. The number of aryl methyl sites for hydroxylation is 1. The Morgan fingerprint density at radius 3 is 2.52 bits per heavy atom. The van der Waals surface area contributed by atoms with Crippen LogP contribution in [0.15, 0.2) is 41.1 Å². The molecule has 0 amide bonds. The predicted octanol–water partition coefficient (Wildman–Crippen LogP) is 4.84. The quantitative estimate of drug-likeness (QED) is 0.369. The third kappa shape index (κ3) is 3.91. The predicted molar refractivity (Wildman–Crippen MR) is 113 cm³/mol. The van der Waals surface area contributed by atoms with Gasteiger partial charge in [0.25, 0.3) is 0 Å². The summed E-state index contributed by atoms with van der Waals surface area (Å²) in [7, 11) is 4.96. The van der Waals surface area contributed by atoms with Crippen LogP contribution in [0.3, 0.4) is 0 Å². The molecule has 1 heterocycles. The van der Waals surface area contributed by atoms with Gasteiger partial charge in [-0.3, -0.25) is 10.1 Å². The summed E-state index contributed by atoms with van der Waals surface area (Å²) >= 11 is 3.50. The number of ether oxygens (including phenoxy) is 3. The van der Waals surface area contributed by atoms with Crippen LogP contribution in [0.1, 0.15) is 6.92 Å². The summed E-state index contributed by atoms with van der Waals surface area (Å²) in [6.45, 7) is 2.13. The highest BCUT2D eigenvalue weighted by Crippen LogP contribution is 2.42. The molecule has 0 saturated carbocycles. The van der Waals surface area contributed by atoms with Gasteiger partial charge in [0.15, 0.2) is 17.2 Å². The molecular formula is C20H20BrN3O5. The minimum atomic E-state index is -0.447. The average Bonchev–Trinajstić information content (AvgIpc) is 3.09. The summed E-state index contributed by atoms with van der Waals surface area (Å²) in [4.78, 5) is 15.6. The van der Waals surface area contributed by atoms with Crippen LogP contribution >= 0.6 is 15.9 Å². The van der Waals surface area contributed by atoms with Crippen molar-refractivity contribution in [2.24, 2.45) is 7.05 Å². The highest BCUT2D eigenvalue weighted by Gasteiger charge is 2.22. The lowest BCUT2D eigenvalue weighted by Gasteiger charge is -2.13. The second kappa shape index (κ2) is 8.52. The molecule has 0 aliphatic rings. The molecule has 0 N–H and O–H groups in total. The Balaban J connectivity index is 2.18. The lowest BCUT2D eigenvalue weighted by molar-refractivity contribution is -0.385. The molecule has 2 aromatic carbocycles. The SMILES string of the molecule is CCOc1ccc(-c2c(-c3cc(Br)c(OC)c(OC)c3)ncn2C)cc1[N+](=O)[O-]. The van der Waals surface area contributed by atoms with Crippen LogP contribution in [0.5, 0.6) is 17.2 Å². The van der Waals surface area contributed by atoms with Gasteiger partial charge in [-0.25, -0.2) is 4.98 Å². The van der Waals surface area contributed by atoms with Crippen LogP contribution in [0, 0.1) is 10.1 Å². The number of hydrogen-bond acceptors (Lipinski definition) is 6. The van der Waals surface area contributed by atoms with Crippen LogP contribution in [-0.4, -0.2) is 35.3 Å². The highest BCUT2D eigenvalue weighted by molar-refractivity contribution is 9.10. The van der Waals surface area contributed by atoms with E-state index in [1.165, 1.54) is 6.07 Å². The molecule has 0 fully saturated rings. The zero-order chi connectivity index (χ0) is 21.1. The zero-order valence-corrected chi connectivity index (χ0v) is 18.0. The molecule has 0 unspecified atom stereocenters. The van der Waals surface area contributed by atoms with Crippen molar-refractivity contribution in [1.82, 2.24) is 9.55 Å². The summed E-state index contributed by atoms with van der Waals surface area (Å²) in [5.41, 5.74) is 2.73. The summed E-state index contributed by atoms with van der Waals surface area (Å²) in [5, 5.41) is 11.5. The molecular weight excluding hydrogens is 442 g/mol. The lowest BCUT2D eigenvalue weighted by Crippen LogP contribution is -1.99. The fraction of sp³-hybridized carbons (Fsp3) is 0.250. The maximum atomic E-state index is 11.5. The first kappa shape index (κ1) is 20.7. The van der Waals surface area contributed by atoms with Crippen LogP contribution in [0.2, 0.25) is 0 Å². The minimum absolute atomic E-state index is 0.0926. The van der Waals surface area contributed by atoms with Gasteiger partial charge in [0, 0.05) is 24.2 Å². The smallest absolute Gasteiger partial charge is 0.311 e. The monoisotopic (exact) mass is 461 g/mol. The van der Waals surface area contributed by atoms with Gasteiger partial charge in [0.2, 0.25) is 0 Å². The van der Waals surface area contributed by atoms with Gasteiger partial charge in [-0.1, -0.05) is 0 Å². The number of aromatic nitrogens is 2. The number of halogens is 1. The number of nitrogens with zero attached hydrogens (tertiary/aromatic N) is 3. The van der Waals surface area contributed by atoms with Crippen molar-refractivity contribution >= 4 is 21.6 Å². The molecule has 29 heavy (non-hydrogen) atoms. The largest absolute Gasteiger partial charge is 0.493 e. The third-order valence-electron chi connectivity index (χ3n) is 4.37. The lowest BCUT2D eigenvalue weighted by atomic mass is 10.0. The molecule has 0 atom stereocenters. The first-order valence-corrected chi connectivity index (χ1v) is 9.55. The molecule has 0 aliphatic heterocycles. The molecule has 0 radical (unpaired) electrons. The highest BCUT2D eigenvalue weighted by atomic mass is 79.9. The molecule has 1 aromatic heterocycles. The molecule has 8 nitrogen and oxygen atoms in total. The number of hydrogen-bond donors (Lipinski definition) is 0. The van der Waals surface area contributed by atoms with Crippen molar-refractivity contribution in [2.75, 3.05) is 20.8 Å². The van der Waals surface area contributed by atoms with Gasteiger partial charge < -0.3 is 18.8 Å². The second-order valence-electron chi connectivity index (χ2n) is 6.12. The maximum absolute atomic E-state index is 11.5. The van der Waals surface area contributed by atoms with Gasteiger partial charge in [0.1, 0.15) is 0 Å². The van der Waals surface area contributed by atoms with Crippen molar-refractivity contribution in [1.29, 1.82) is 0 Å². The Kier molecular flexibility index (Phi) is 6.07. The topological polar surface area (TPSA) is 88.7 Å². The molecule has 9 heteroatoms. The van der Waals surface area contributed by atoms with Gasteiger partial charge in [-0.2, -0.15) is 0 Å². The molecule has 152 valence electrons. The van der Waals surface area contributed by atoms with E-state index in [2.05, 4.69) is 20.9 Å². The van der Waals surface area contributed by atoms with Gasteiger partial charge in [-0.15, -0.1) is 0 Å². The summed E-state index contributed by atoms with van der Waals surface area (Å²) in [6, 6.07) is 8.59. The average molecular weight is 462 g/mol. The maximum Gasteiger partial charge on any atom is 0.311 e. The van der Waals surface area contributed by atoms with Crippen molar-refractivity contribution in [3.05, 3.63) is 51.2 Å². The minimum Gasteiger partial charge on any atom is -0.493 e. The van der Waals surface area contributed by atoms with Gasteiger partial charge in [-0.05, 0) is 47.1 Å². The van der Waals surface area contributed by atoms with Crippen LogP contribution in [-0.2, 0) is 7.05 Å². The zero-order valence-electron chi connectivity index (χ0n) is 16.4. The molecule has 0 spiro atoms. The van der Waals surface area contributed by atoms with Crippen molar-refractivity contribution < 1.29 is 19.1 Å². The molecule has 0 bridgehead atoms. The van der Waals surface area contributed by atoms with Crippen molar-refractivity contribution in [3.63, 3.8) is 0 Å². The molecule has 3 aromatic rings.